The molecule has 28 heavy (non-hydrogen) atoms. The second kappa shape index (κ2) is 8.01. The van der Waals surface area contributed by atoms with Crippen LogP contribution in [0.15, 0.2) is 54.7 Å². The van der Waals surface area contributed by atoms with E-state index in [2.05, 4.69) is 25.6 Å². The fraction of sp³-hybridized carbons (Fsp3) is 0.200. The Kier molecular flexibility index (Phi) is 5.11. The zero-order valence-electron chi connectivity index (χ0n) is 15.7. The van der Waals surface area contributed by atoms with Gasteiger partial charge in [0.25, 0.3) is 11.8 Å². The number of methoxy groups -OCH3 is 2. The van der Waals surface area contributed by atoms with E-state index in [1.165, 1.54) is 0 Å². The van der Waals surface area contributed by atoms with Gasteiger partial charge in [0.05, 0.1) is 25.4 Å². The first-order chi connectivity index (χ1) is 13.8. The van der Waals surface area contributed by atoms with Gasteiger partial charge in [0, 0.05) is 19.0 Å². The van der Waals surface area contributed by atoms with E-state index in [1.54, 1.807) is 25.1 Å². The van der Waals surface area contributed by atoms with Gasteiger partial charge in [-0.05, 0) is 17.2 Å². The van der Waals surface area contributed by atoms with Crippen molar-refractivity contribution in [1.29, 1.82) is 0 Å². The minimum absolute atomic E-state index is 0.330. The molecule has 8 heteroatoms. The highest BCUT2D eigenvalue weighted by molar-refractivity contribution is 5.83. The van der Waals surface area contributed by atoms with Gasteiger partial charge in [0.1, 0.15) is 0 Å². The van der Waals surface area contributed by atoms with Crippen LogP contribution in [-0.2, 0) is 17.9 Å². The molecule has 0 radical (unpaired) electrons. The highest BCUT2D eigenvalue weighted by Crippen LogP contribution is 2.23. The third kappa shape index (κ3) is 3.49. The predicted molar refractivity (Wildman–Crippen MR) is 105 cm³/mol. The zero-order chi connectivity index (χ0) is 19.3. The zero-order valence-corrected chi connectivity index (χ0v) is 15.7. The van der Waals surface area contributed by atoms with E-state index in [0.29, 0.717) is 30.8 Å². The largest absolute Gasteiger partial charge is 0.477 e. The van der Waals surface area contributed by atoms with Crippen LogP contribution in [0.5, 0.6) is 5.88 Å². The number of hydrogen-bond donors (Lipinski definition) is 1. The Morgan fingerprint density at radius 3 is 2.64 bits per heavy atom. The molecule has 0 aliphatic heterocycles. The van der Waals surface area contributed by atoms with E-state index in [-0.39, 0.29) is 0 Å². The van der Waals surface area contributed by atoms with E-state index in [9.17, 15) is 0 Å². The molecule has 0 bridgehead atoms. The summed E-state index contributed by atoms with van der Waals surface area (Å²) in [4.78, 5) is 4.59. The van der Waals surface area contributed by atoms with E-state index in [0.717, 1.165) is 22.0 Å². The van der Waals surface area contributed by atoms with Gasteiger partial charge in [-0.25, -0.2) is 0 Å². The molecular weight excluding hydrogens is 356 g/mol. The first-order valence-electron chi connectivity index (χ1n) is 8.81. The van der Waals surface area contributed by atoms with Crippen molar-refractivity contribution in [1.82, 2.24) is 25.0 Å². The van der Waals surface area contributed by atoms with Gasteiger partial charge in [-0.1, -0.05) is 42.5 Å². The topological polar surface area (TPSA) is 87.0 Å². The highest BCUT2D eigenvalue weighted by Gasteiger charge is 2.15. The molecule has 0 atom stereocenters. The first kappa shape index (κ1) is 17.9. The Morgan fingerprint density at radius 1 is 1.00 bits per heavy atom. The molecule has 142 valence electrons. The van der Waals surface area contributed by atoms with Gasteiger partial charge in [0.15, 0.2) is 5.82 Å². The monoisotopic (exact) mass is 376 g/mol. The highest BCUT2D eigenvalue weighted by atomic mass is 16.5. The Balaban J connectivity index is 1.69. The van der Waals surface area contributed by atoms with Crippen molar-refractivity contribution < 1.29 is 9.47 Å². The van der Waals surface area contributed by atoms with E-state index >= 15 is 0 Å². The van der Waals surface area contributed by atoms with Crippen LogP contribution in [0.2, 0.25) is 0 Å². The van der Waals surface area contributed by atoms with Crippen LogP contribution in [0.1, 0.15) is 11.1 Å². The lowest BCUT2D eigenvalue weighted by Crippen LogP contribution is -2.11. The van der Waals surface area contributed by atoms with Crippen LogP contribution in [0.25, 0.3) is 16.9 Å². The van der Waals surface area contributed by atoms with Crippen molar-refractivity contribution >= 4 is 16.7 Å². The molecule has 4 aromatic rings. The standard InChI is InChI=1S/C20H20N6O2/c1-27-13-15-9-6-10-17-16(15)12-22-26(17)20-23-18(19(28-2)24-25-20)21-11-14-7-4-3-5-8-14/h3-10,12H,11,13H2,1-2H3,(H,21,23,25). The molecule has 0 fully saturated rings. The third-order valence-corrected chi connectivity index (χ3v) is 4.33. The number of anilines is 1. The summed E-state index contributed by atoms with van der Waals surface area (Å²) in [5.41, 5.74) is 3.06. The lowest BCUT2D eigenvalue weighted by atomic mass is 10.1. The Morgan fingerprint density at radius 2 is 1.86 bits per heavy atom. The van der Waals surface area contributed by atoms with Crippen molar-refractivity contribution in [2.45, 2.75) is 13.2 Å². The molecule has 8 nitrogen and oxygen atoms in total. The van der Waals surface area contributed by atoms with Crippen LogP contribution in [0, 0.1) is 0 Å². The van der Waals surface area contributed by atoms with Crippen molar-refractivity contribution in [3.05, 3.63) is 65.9 Å². The number of benzene rings is 2. The smallest absolute Gasteiger partial charge is 0.276 e. The molecule has 0 unspecified atom stereocenters. The van der Waals surface area contributed by atoms with Crippen molar-refractivity contribution in [3.8, 4) is 11.8 Å². The number of aromatic nitrogens is 5. The molecule has 2 heterocycles. The van der Waals surface area contributed by atoms with Crippen LogP contribution >= 0.6 is 0 Å². The van der Waals surface area contributed by atoms with Gasteiger partial charge < -0.3 is 14.8 Å². The number of fused-ring (bicyclic) bond motifs is 1. The average molecular weight is 376 g/mol. The summed E-state index contributed by atoms with van der Waals surface area (Å²) in [7, 11) is 3.21. The summed E-state index contributed by atoms with van der Waals surface area (Å²) in [5.74, 6) is 1.20. The minimum atomic E-state index is 0.330. The Hall–Kier alpha value is -3.52. The summed E-state index contributed by atoms with van der Waals surface area (Å²) in [6.45, 7) is 1.10. The molecule has 0 amide bonds. The van der Waals surface area contributed by atoms with E-state index in [4.69, 9.17) is 9.47 Å². The van der Waals surface area contributed by atoms with E-state index in [1.807, 2.05) is 48.5 Å². The maximum Gasteiger partial charge on any atom is 0.276 e. The minimum Gasteiger partial charge on any atom is -0.477 e. The van der Waals surface area contributed by atoms with E-state index < -0.39 is 0 Å². The number of nitrogens with zero attached hydrogens (tertiary/aromatic N) is 5. The number of ether oxygens (including phenoxy) is 2. The van der Waals surface area contributed by atoms with Gasteiger partial charge in [-0.15, -0.1) is 10.2 Å². The van der Waals surface area contributed by atoms with Crippen LogP contribution in [0.4, 0.5) is 5.82 Å². The molecule has 0 aliphatic rings. The van der Waals surface area contributed by atoms with Gasteiger partial charge in [-0.3, -0.25) is 0 Å². The van der Waals surface area contributed by atoms with Crippen molar-refractivity contribution in [2.24, 2.45) is 0 Å². The predicted octanol–water partition coefficient (Wildman–Crippen LogP) is 2.98. The molecule has 0 spiro atoms. The lowest BCUT2D eigenvalue weighted by molar-refractivity contribution is 0.186. The summed E-state index contributed by atoms with van der Waals surface area (Å²) in [6, 6.07) is 16.0. The molecule has 0 saturated carbocycles. The molecule has 2 aromatic heterocycles. The summed E-state index contributed by atoms with van der Waals surface area (Å²) < 4.78 is 12.2. The normalized spacial score (nSPS) is 10.9. The number of hydrogen-bond acceptors (Lipinski definition) is 7. The first-order valence-corrected chi connectivity index (χ1v) is 8.81. The van der Waals surface area contributed by atoms with Gasteiger partial charge in [0.2, 0.25) is 0 Å². The van der Waals surface area contributed by atoms with Crippen LogP contribution in [0.3, 0.4) is 0 Å². The molecule has 0 aliphatic carbocycles. The second-order valence-electron chi connectivity index (χ2n) is 6.15. The van der Waals surface area contributed by atoms with Crippen molar-refractivity contribution in [3.63, 3.8) is 0 Å². The van der Waals surface area contributed by atoms with Gasteiger partial charge >= 0.3 is 0 Å². The Labute approximate surface area is 162 Å². The second-order valence-corrected chi connectivity index (χ2v) is 6.15. The Bertz CT molecular complexity index is 1080. The van der Waals surface area contributed by atoms with Crippen molar-refractivity contribution in [2.75, 3.05) is 19.5 Å². The summed E-state index contributed by atoms with van der Waals surface area (Å²) >= 11 is 0. The maximum absolute atomic E-state index is 5.30. The average Bonchev–Trinajstić information content (AvgIpc) is 3.18. The molecule has 2 aromatic carbocycles. The molecule has 1 N–H and O–H groups in total. The quantitative estimate of drug-likeness (QED) is 0.530. The van der Waals surface area contributed by atoms with Crippen LogP contribution < -0.4 is 10.1 Å². The lowest BCUT2D eigenvalue weighted by Gasteiger charge is -2.10. The molecular formula is C20H20N6O2. The number of rotatable bonds is 7. The fourth-order valence-corrected chi connectivity index (χ4v) is 2.98. The van der Waals surface area contributed by atoms with Gasteiger partial charge in [-0.2, -0.15) is 14.8 Å². The third-order valence-electron chi connectivity index (χ3n) is 4.33. The summed E-state index contributed by atoms with van der Waals surface area (Å²) in [5, 5.41) is 17.0. The summed E-state index contributed by atoms with van der Waals surface area (Å²) in [6.07, 6.45) is 1.79. The fourth-order valence-electron chi connectivity index (χ4n) is 2.98. The molecule has 0 saturated heterocycles. The maximum atomic E-state index is 5.30. The number of nitrogens with one attached hydrogen (secondary N) is 1. The SMILES string of the molecule is COCc1cccc2c1cnn2-c1nnc(OC)c(NCc2ccccc2)n1. The molecule has 4 rings (SSSR count). The van der Waals surface area contributed by atoms with Crippen LogP contribution in [-0.4, -0.2) is 39.2 Å².